The molecule has 0 radical (unpaired) electrons. The van der Waals surface area contributed by atoms with Gasteiger partial charge in [-0.15, -0.1) is 0 Å². The molecule has 0 aliphatic heterocycles. The van der Waals surface area contributed by atoms with Crippen LogP contribution in [0.5, 0.6) is 0 Å². The number of benzene rings is 2. The molecule has 1 aromatic heterocycles. The monoisotopic (exact) mass is 540 g/mol. The number of nitrogens with zero attached hydrogens (tertiary/aromatic N) is 2. The number of allylic oxidation sites excluding steroid dienone is 2. The Labute approximate surface area is 223 Å². The Morgan fingerprint density at radius 3 is 2.56 bits per heavy atom. The van der Waals surface area contributed by atoms with Crippen molar-refractivity contribution >= 4 is 52.7 Å². The molecule has 0 saturated carbocycles. The molecule has 0 unspecified atom stereocenters. The van der Waals surface area contributed by atoms with Crippen LogP contribution >= 0.6 is 35.1 Å². The van der Waals surface area contributed by atoms with Crippen molar-refractivity contribution in [1.82, 2.24) is 14.8 Å². The van der Waals surface area contributed by atoms with E-state index in [0.717, 1.165) is 10.5 Å². The molecule has 0 atom stereocenters. The highest BCUT2D eigenvalue weighted by Gasteiger charge is 2.14. The van der Waals surface area contributed by atoms with Gasteiger partial charge < -0.3 is 5.32 Å². The molecule has 36 heavy (non-hydrogen) atoms. The molecule has 1 heterocycles. The number of carbonyl (C=O) groups is 2. The van der Waals surface area contributed by atoms with E-state index < -0.39 is 5.91 Å². The van der Waals surface area contributed by atoms with E-state index in [4.69, 9.17) is 28.4 Å². The molecular formula is C26H22Cl2N4O3S. The molecule has 3 N–H and O–H groups in total. The molecule has 0 bridgehead atoms. The molecule has 0 aliphatic rings. The Hall–Kier alpha value is -3.56. The van der Waals surface area contributed by atoms with E-state index in [1.54, 1.807) is 72.3 Å². The highest BCUT2D eigenvalue weighted by Crippen LogP contribution is 2.31. The quantitative estimate of drug-likeness (QED) is 0.0915. The lowest BCUT2D eigenvalue weighted by atomic mass is 10.1. The van der Waals surface area contributed by atoms with Crippen molar-refractivity contribution in [2.45, 2.75) is 11.8 Å². The maximum atomic E-state index is 12.9. The molecule has 2 amide bonds. The molecule has 0 saturated heterocycles. The first-order chi connectivity index (χ1) is 17.3. The van der Waals surface area contributed by atoms with Crippen molar-refractivity contribution in [3.8, 4) is 11.3 Å². The minimum absolute atomic E-state index is 0.278. The molecule has 3 aromatic rings. The van der Waals surface area contributed by atoms with Crippen LogP contribution < -0.4 is 10.8 Å². The number of hydrogen-bond acceptors (Lipinski definition) is 6. The van der Waals surface area contributed by atoms with Crippen molar-refractivity contribution in [3.05, 3.63) is 113 Å². The summed E-state index contributed by atoms with van der Waals surface area (Å²) in [7, 11) is 0. The lowest BCUT2D eigenvalue weighted by Crippen LogP contribution is -2.15. The Kier molecular flexibility index (Phi) is 9.72. The lowest BCUT2D eigenvalue weighted by molar-refractivity contribution is -0.124. The largest absolute Gasteiger partial charge is 0.322 e. The predicted octanol–water partition coefficient (Wildman–Crippen LogP) is 6.73. The first-order valence-corrected chi connectivity index (χ1v) is 12.0. The van der Waals surface area contributed by atoms with Crippen LogP contribution in [0.25, 0.3) is 11.3 Å². The Balaban J connectivity index is 1.72. The van der Waals surface area contributed by atoms with Crippen LogP contribution in [0.15, 0.2) is 102 Å². The van der Waals surface area contributed by atoms with Gasteiger partial charge in [0.2, 0.25) is 0 Å². The predicted molar refractivity (Wildman–Crippen MR) is 145 cm³/mol. The third-order valence-corrected chi connectivity index (χ3v) is 6.25. The molecule has 0 spiro atoms. The summed E-state index contributed by atoms with van der Waals surface area (Å²) in [6.07, 6.45) is 7.74. The summed E-state index contributed by atoms with van der Waals surface area (Å²) < 4.78 is 1.72. The summed E-state index contributed by atoms with van der Waals surface area (Å²) in [6, 6.07) is 15.8. The second kappa shape index (κ2) is 12.9. The fourth-order valence-electron chi connectivity index (χ4n) is 2.98. The smallest absolute Gasteiger partial charge is 0.267 e. The zero-order valence-corrected chi connectivity index (χ0v) is 21.4. The van der Waals surface area contributed by atoms with E-state index in [1.807, 2.05) is 18.2 Å². The zero-order valence-electron chi connectivity index (χ0n) is 19.1. The number of hydroxylamine groups is 1. The van der Waals surface area contributed by atoms with Crippen LogP contribution in [-0.4, -0.2) is 26.3 Å². The first-order valence-electron chi connectivity index (χ1n) is 10.5. The average Bonchev–Trinajstić information content (AvgIpc) is 2.88. The zero-order chi connectivity index (χ0) is 26.1. The molecule has 10 heteroatoms. The summed E-state index contributed by atoms with van der Waals surface area (Å²) in [5, 5.41) is 12.2. The summed E-state index contributed by atoms with van der Waals surface area (Å²) >= 11 is 14.1. The molecular weight excluding hydrogens is 519 g/mol. The third-order valence-electron chi connectivity index (χ3n) is 4.68. The maximum absolute atomic E-state index is 12.9. The third kappa shape index (κ3) is 7.47. The van der Waals surface area contributed by atoms with Gasteiger partial charge >= 0.3 is 0 Å². The van der Waals surface area contributed by atoms with Crippen LogP contribution in [0, 0.1) is 0 Å². The Bertz CT molecular complexity index is 1330. The van der Waals surface area contributed by atoms with Crippen LogP contribution in [-0.2, 0) is 4.79 Å². The topological polar surface area (TPSA) is 94.6 Å². The van der Waals surface area contributed by atoms with E-state index >= 15 is 0 Å². The van der Waals surface area contributed by atoms with Gasteiger partial charge in [-0.05, 0) is 73.0 Å². The van der Waals surface area contributed by atoms with Crippen molar-refractivity contribution in [2.24, 2.45) is 0 Å². The second-order valence-corrected chi connectivity index (χ2v) is 9.21. The number of pyridine rings is 1. The Morgan fingerprint density at radius 1 is 1.08 bits per heavy atom. The van der Waals surface area contributed by atoms with Gasteiger partial charge in [0.1, 0.15) is 0 Å². The van der Waals surface area contributed by atoms with Gasteiger partial charge in [0.15, 0.2) is 0 Å². The van der Waals surface area contributed by atoms with E-state index in [2.05, 4.69) is 16.9 Å². The minimum atomic E-state index is -0.632. The highest BCUT2D eigenvalue weighted by atomic mass is 35.5. The second-order valence-electron chi connectivity index (χ2n) is 7.32. The molecule has 3 rings (SSSR count). The normalized spacial score (nSPS) is 11.3. The van der Waals surface area contributed by atoms with Gasteiger partial charge in [0, 0.05) is 40.8 Å². The van der Waals surface area contributed by atoms with E-state index in [1.165, 1.54) is 23.5 Å². The number of anilines is 1. The number of hydrogen-bond donors (Lipinski definition) is 3. The summed E-state index contributed by atoms with van der Waals surface area (Å²) in [5.74, 6) is -0.998. The minimum Gasteiger partial charge on any atom is -0.322 e. The summed E-state index contributed by atoms with van der Waals surface area (Å²) in [4.78, 5) is 29.1. The SMILES string of the molecule is C=CN(/C=C(C)/C=C/C(=O)NO)Sc1ccc(C(=O)Nc2ccc(Cl)c(-c3ccccn3)c2)c(Cl)c1. The number of nitrogens with one attached hydrogen (secondary N) is 2. The van der Waals surface area contributed by atoms with Gasteiger partial charge in [-0.2, -0.15) is 0 Å². The fraction of sp³-hybridized carbons (Fsp3) is 0.0385. The van der Waals surface area contributed by atoms with Crippen molar-refractivity contribution in [3.63, 3.8) is 0 Å². The molecule has 0 fully saturated rings. The first kappa shape index (κ1) is 27.0. The summed E-state index contributed by atoms with van der Waals surface area (Å²) in [5.41, 5.74) is 4.53. The lowest BCUT2D eigenvalue weighted by Gasteiger charge is -2.15. The molecule has 2 aromatic carbocycles. The van der Waals surface area contributed by atoms with E-state index in [-0.39, 0.29) is 10.9 Å². The van der Waals surface area contributed by atoms with Gasteiger partial charge in [-0.25, -0.2) is 5.48 Å². The van der Waals surface area contributed by atoms with Crippen molar-refractivity contribution in [1.29, 1.82) is 0 Å². The number of rotatable bonds is 9. The Morgan fingerprint density at radius 2 is 1.89 bits per heavy atom. The number of carbonyl (C=O) groups excluding carboxylic acids is 2. The van der Waals surface area contributed by atoms with E-state index in [0.29, 0.717) is 27.5 Å². The molecule has 184 valence electrons. The van der Waals surface area contributed by atoms with Gasteiger partial charge in [-0.3, -0.25) is 24.1 Å². The van der Waals surface area contributed by atoms with E-state index in [9.17, 15) is 9.59 Å². The van der Waals surface area contributed by atoms with Crippen LogP contribution in [0.4, 0.5) is 5.69 Å². The van der Waals surface area contributed by atoms with Gasteiger partial charge in [0.25, 0.3) is 11.8 Å². The van der Waals surface area contributed by atoms with Crippen molar-refractivity contribution in [2.75, 3.05) is 5.32 Å². The van der Waals surface area contributed by atoms with Crippen LogP contribution in [0.1, 0.15) is 17.3 Å². The molecule has 7 nitrogen and oxygen atoms in total. The van der Waals surface area contributed by atoms with Crippen LogP contribution in [0.2, 0.25) is 10.0 Å². The highest BCUT2D eigenvalue weighted by molar-refractivity contribution is 7.97. The number of aromatic nitrogens is 1. The maximum Gasteiger partial charge on any atom is 0.267 e. The standard InChI is InChI=1S/C26H22Cl2N4O3S/c1-3-32(16-17(2)7-12-25(33)31-35)36-19-9-10-20(23(28)15-19)26(34)30-18-8-11-22(27)21(14-18)24-6-4-5-13-29-24/h3-16,35H,1H2,2H3,(H,30,34)(H,31,33)/b12-7+,17-16+. The van der Waals surface area contributed by atoms with Crippen molar-refractivity contribution < 1.29 is 14.8 Å². The van der Waals surface area contributed by atoms with Gasteiger partial charge in [-0.1, -0.05) is 41.9 Å². The fourth-order valence-corrected chi connectivity index (χ4v) is 4.36. The van der Waals surface area contributed by atoms with Gasteiger partial charge in [0.05, 0.1) is 21.3 Å². The molecule has 0 aliphatic carbocycles. The summed E-state index contributed by atoms with van der Waals surface area (Å²) in [6.45, 7) is 5.56. The average molecular weight is 541 g/mol. The van der Waals surface area contributed by atoms with Crippen LogP contribution in [0.3, 0.4) is 0 Å². The number of halogens is 2. The number of amides is 2.